The van der Waals surface area contributed by atoms with Crippen molar-refractivity contribution in [2.75, 3.05) is 0 Å². The molecule has 0 saturated carbocycles. The first kappa shape index (κ1) is 10.3. The van der Waals surface area contributed by atoms with Crippen LogP contribution in [-0.2, 0) is 0 Å². The number of azide groups is 1. The summed E-state index contributed by atoms with van der Waals surface area (Å²) in [6.45, 7) is 0. The zero-order chi connectivity index (χ0) is 9.23. The highest BCUT2D eigenvalue weighted by molar-refractivity contribution is 7.78. The molecule has 60 valence electrons. The Morgan fingerprint density at radius 1 is 1.42 bits per heavy atom. The van der Waals surface area contributed by atoms with Gasteiger partial charge < -0.3 is 0 Å². The Kier molecular flexibility index (Phi) is 6.40. The summed E-state index contributed by atoms with van der Waals surface area (Å²) in [6, 6.07) is 9.02. The number of benzene rings is 1. The first-order valence-electron chi connectivity index (χ1n) is 2.99. The third-order valence-electron chi connectivity index (χ3n) is 0.916. The van der Waals surface area contributed by atoms with Crippen LogP contribution in [0.1, 0.15) is 0 Å². The monoisotopic (exact) mass is 178 g/mol. The largest absolute Gasteiger partial charge is 0.248 e. The number of hydrogen-bond donors (Lipinski definition) is 1. The number of nitrogens with zero attached hydrogens (tertiary/aromatic N) is 3. The number of isothiocyanates is 1. The summed E-state index contributed by atoms with van der Waals surface area (Å²) >= 11 is 3.81. The minimum atomic E-state index is 0.653. The van der Waals surface area contributed by atoms with E-state index in [0.29, 0.717) is 5.69 Å². The quantitative estimate of drug-likeness (QED) is 0.231. The van der Waals surface area contributed by atoms with Gasteiger partial charge in [0.15, 0.2) is 0 Å². The first-order valence-corrected chi connectivity index (χ1v) is 3.40. The van der Waals surface area contributed by atoms with Gasteiger partial charge in [0, 0.05) is 10.6 Å². The van der Waals surface area contributed by atoms with Crippen LogP contribution in [0.2, 0.25) is 0 Å². The predicted octanol–water partition coefficient (Wildman–Crippen LogP) is 3.30. The fraction of sp³-hybridized carbons (Fsp3) is 0. The molecule has 5 heteroatoms. The molecule has 0 atom stereocenters. The number of rotatable bonds is 1. The van der Waals surface area contributed by atoms with Crippen LogP contribution in [0, 0.1) is 5.41 Å². The van der Waals surface area contributed by atoms with Crippen molar-refractivity contribution in [1.82, 2.24) is 0 Å². The van der Waals surface area contributed by atoms with Crippen LogP contribution in [-0.4, -0.2) is 5.16 Å². The standard InChI is InChI=1S/C6H5N3.CHNS/c7-9-8-6-4-2-1-3-5-6;2-1-3/h1-5H;2H. The van der Waals surface area contributed by atoms with Crippen LogP contribution in [0.3, 0.4) is 0 Å². The van der Waals surface area contributed by atoms with Gasteiger partial charge in [-0.15, -0.1) is 0 Å². The summed E-state index contributed by atoms with van der Waals surface area (Å²) in [4.78, 5) is 2.63. The maximum Gasteiger partial charge on any atom is 0.0554 e. The third kappa shape index (κ3) is 5.14. The Bertz CT molecular complexity index is 296. The average Bonchev–Trinajstić information content (AvgIpc) is 2.08. The Balaban J connectivity index is 0.000000354. The molecule has 1 N–H and O–H groups in total. The summed E-state index contributed by atoms with van der Waals surface area (Å²) in [5, 5.41) is 10.7. The molecule has 0 spiro atoms. The van der Waals surface area contributed by atoms with Gasteiger partial charge >= 0.3 is 0 Å². The molecule has 0 aromatic heterocycles. The van der Waals surface area contributed by atoms with Crippen LogP contribution in [0.4, 0.5) is 5.69 Å². The summed E-state index contributed by atoms with van der Waals surface area (Å²) in [5.74, 6) is 0. The van der Waals surface area contributed by atoms with Crippen molar-refractivity contribution in [3.05, 3.63) is 40.8 Å². The number of thiocarbonyl (C=S) groups is 1. The molecule has 1 rings (SSSR count). The second-order valence-corrected chi connectivity index (χ2v) is 1.83. The van der Waals surface area contributed by atoms with Crippen LogP contribution >= 0.6 is 12.2 Å². The highest BCUT2D eigenvalue weighted by Gasteiger charge is 1.78. The Hall–Kier alpha value is -1.67. The summed E-state index contributed by atoms with van der Waals surface area (Å²) in [6.07, 6.45) is 0. The van der Waals surface area contributed by atoms with E-state index in [9.17, 15) is 0 Å². The smallest absolute Gasteiger partial charge is 0.0554 e. The van der Waals surface area contributed by atoms with E-state index in [1.54, 1.807) is 17.3 Å². The molecule has 12 heavy (non-hydrogen) atoms. The van der Waals surface area contributed by atoms with Gasteiger partial charge in [-0.2, -0.15) is 0 Å². The highest BCUT2D eigenvalue weighted by atomic mass is 32.1. The number of hydrogen-bond acceptors (Lipinski definition) is 3. The molecule has 0 radical (unpaired) electrons. The van der Waals surface area contributed by atoms with Gasteiger partial charge in [0.25, 0.3) is 0 Å². The first-order chi connectivity index (χ1) is 5.85. The lowest BCUT2D eigenvalue weighted by Crippen LogP contribution is -1.56. The van der Waals surface area contributed by atoms with Crippen LogP contribution in [0.25, 0.3) is 10.4 Å². The van der Waals surface area contributed by atoms with E-state index < -0.39 is 0 Å². The molecule has 0 heterocycles. The van der Waals surface area contributed by atoms with Crippen molar-refractivity contribution in [2.45, 2.75) is 0 Å². The molecule has 0 aliphatic heterocycles. The summed E-state index contributed by atoms with van der Waals surface area (Å²) < 4.78 is 0. The molecule has 1 aromatic carbocycles. The van der Waals surface area contributed by atoms with Crippen LogP contribution in [0.5, 0.6) is 0 Å². The second kappa shape index (κ2) is 7.44. The van der Waals surface area contributed by atoms with E-state index in [2.05, 4.69) is 22.2 Å². The van der Waals surface area contributed by atoms with Gasteiger partial charge in [-0.05, 0) is 17.7 Å². The van der Waals surface area contributed by atoms with E-state index >= 15 is 0 Å². The topological polar surface area (TPSA) is 72.6 Å². The van der Waals surface area contributed by atoms with E-state index in [0.717, 1.165) is 0 Å². The summed E-state index contributed by atoms with van der Waals surface area (Å²) in [5.41, 5.74) is 8.63. The van der Waals surface area contributed by atoms with Crippen molar-refractivity contribution in [2.24, 2.45) is 5.11 Å². The zero-order valence-corrected chi connectivity index (χ0v) is 6.95. The molecule has 0 aliphatic carbocycles. The molecular weight excluding hydrogens is 172 g/mol. The lowest BCUT2D eigenvalue weighted by Gasteiger charge is -1.83. The zero-order valence-electron chi connectivity index (χ0n) is 6.14. The molecule has 0 bridgehead atoms. The van der Waals surface area contributed by atoms with Gasteiger partial charge in [-0.25, -0.2) is 5.41 Å². The number of nitrogens with one attached hydrogen (secondary N) is 1. The van der Waals surface area contributed by atoms with Gasteiger partial charge in [0.1, 0.15) is 0 Å². The fourth-order valence-corrected chi connectivity index (χ4v) is 0.546. The van der Waals surface area contributed by atoms with E-state index in [4.69, 9.17) is 10.9 Å². The molecule has 4 nitrogen and oxygen atoms in total. The second-order valence-electron chi connectivity index (χ2n) is 1.63. The molecule has 0 amide bonds. The van der Waals surface area contributed by atoms with Gasteiger partial charge in [0.2, 0.25) is 0 Å². The van der Waals surface area contributed by atoms with Gasteiger partial charge in [-0.1, -0.05) is 35.4 Å². The SMILES string of the molecule is N=C=S.[N-]=[N+]=Nc1ccccc1. The molecule has 0 saturated heterocycles. The van der Waals surface area contributed by atoms with Crippen LogP contribution < -0.4 is 0 Å². The molecular formula is C7H6N4S. The minimum Gasteiger partial charge on any atom is -0.248 e. The average molecular weight is 178 g/mol. The Morgan fingerprint density at radius 2 is 1.92 bits per heavy atom. The normalized spacial score (nSPS) is 6.67. The van der Waals surface area contributed by atoms with Gasteiger partial charge in [0.05, 0.1) is 5.16 Å². The molecule has 0 unspecified atom stereocenters. The lowest BCUT2D eigenvalue weighted by molar-refractivity contribution is 1.48. The molecule has 1 aromatic rings. The highest BCUT2D eigenvalue weighted by Crippen LogP contribution is 2.08. The van der Waals surface area contributed by atoms with Crippen molar-refractivity contribution in [1.29, 1.82) is 5.41 Å². The van der Waals surface area contributed by atoms with Crippen molar-refractivity contribution < 1.29 is 0 Å². The third-order valence-corrected chi connectivity index (χ3v) is 0.916. The van der Waals surface area contributed by atoms with Crippen molar-refractivity contribution >= 4 is 23.1 Å². The van der Waals surface area contributed by atoms with E-state index in [-0.39, 0.29) is 0 Å². The summed E-state index contributed by atoms with van der Waals surface area (Å²) in [7, 11) is 0. The lowest BCUT2D eigenvalue weighted by atomic mass is 10.3. The Labute approximate surface area is 75.0 Å². The van der Waals surface area contributed by atoms with E-state index in [1.807, 2.05) is 18.2 Å². The van der Waals surface area contributed by atoms with Gasteiger partial charge in [-0.3, -0.25) is 0 Å². The minimum absolute atomic E-state index is 0.653. The van der Waals surface area contributed by atoms with Crippen LogP contribution in [0.15, 0.2) is 35.4 Å². The Morgan fingerprint density at radius 3 is 2.33 bits per heavy atom. The predicted molar refractivity (Wildman–Crippen MR) is 50.6 cm³/mol. The maximum atomic E-state index is 7.98. The van der Waals surface area contributed by atoms with E-state index in [1.165, 1.54) is 0 Å². The maximum absolute atomic E-state index is 7.98. The fourth-order valence-electron chi connectivity index (χ4n) is 0.546. The van der Waals surface area contributed by atoms with Crippen molar-refractivity contribution in [3.8, 4) is 0 Å². The van der Waals surface area contributed by atoms with Crippen molar-refractivity contribution in [3.63, 3.8) is 0 Å². The molecule has 0 aliphatic rings. The molecule has 0 fully saturated rings.